The summed E-state index contributed by atoms with van der Waals surface area (Å²) in [6.07, 6.45) is 4.67. The van der Waals surface area contributed by atoms with Gasteiger partial charge < -0.3 is 4.90 Å². The third-order valence-corrected chi connectivity index (χ3v) is 4.29. The number of piperidine rings is 1. The van der Waals surface area contributed by atoms with Crippen LogP contribution in [-0.4, -0.2) is 34.0 Å². The first kappa shape index (κ1) is 17.4. The van der Waals surface area contributed by atoms with Gasteiger partial charge in [-0.25, -0.2) is 19.2 Å². The molecule has 7 heteroatoms. The van der Waals surface area contributed by atoms with Crippen LogP contribution in [0.15, 0.2) is 36.2 Å². The number of hydrogen-bond acceptors (Lipinski definition) is 3. The van der Waals surface area contributed by atoms with Gasteiger partial charge in [0.2, 0.25) is 0 Å². The summed E-state index contributed by atoms with van der Waals surface area (Å²) in [4.78, 5) is 22.1. The van der Waals surface area contributed by atoms with Gasteiger partial charge in [-0.3, -0.25) is 5.32 Å². The number of carbonyl (C=O) groups is 1. The van der Waals surface area contributed by atoms with E-state index in [0.717, 1.165) is 11.3 Å². The maximum absolute atomic E-state index is 13.9. The lowest BCUT2D eigenvalue weighted by Crippen LogP contribution is -2.39. The summed E-state index contributed by atoms with van der Waals surface area (Å²) in [5.74, 6) is 0.154. The van der Waals surface area contributed by atoms with E-state index in [0.29, 0.717) is 42.3 Å². The molecule has 1 saturated heterocycles. The first-order chi connectivity index (χ1) is 12.0. The molecule has 0 radical (unpaired) electrons. The van der Waals surface area contributed by atoms with Gasteiger partial charge in [-0.15, -0.1) is 0 Å². The summed E-state index contributed by atoms with van der Waals surface area (Å²) in [7, 11) is 0. The van der Waals surface area contributed by atoms with Crippen molar-refractivity contribution in [2.45, 2.75) is 19.8 Å². The Morgan fingerprint density at radius 3 is 2.72 bits per heavy atom. The monoisotopic (exact) mass is 360 g/mol. The van der Waals surface area contributed by atoms with Crippen LogP contribution in [0.1, 0.15) is 24.1 Å². The Labute approximate surface area is 150 Å². The average molecular weight is 361 g/mol. The maximum atomic E-state index is 13.9. The molecule has 1 N–H and O–H groups in total. The number of likely N-dealkylation sites (tertiary alicyclic amines) is 1. The lowest BCUT2D eigenvalue weighted by atomic mass is 10.0. The molecule has 2 amide bonds. The molecule has 0 unspecified atom stereocenters. The van der Waals surface area contributed by atoms with E-state index < -0.39 is 0 Å². The maximum Gasteiger partial charge on any atom is 0.323 e. The van der Waals surface area contributed by atoms with Gasteiger partial charge in [-0.1, -0.05) is 29.3 Å². The van der Waals surface area contributed by atoms with Gasteiger partial charge in [-0.2, -0.15) is 0 Å². The molecule has 0 bridgehead atoms. The van der Waals surface area contributed by atoms with Crippen molar-refractivity contribution in [3.05, 3.63) is 58.3 Å². The Kier molecular flexibility index (Phi) is 5.28. The van der Waals surface area contributed by atoms with Crippen LogP contribution >= 0.6 is 11.6 Å². The van der Waals surface area contributed by atoms with Crippen LogP contribution in [0, 0.1) is 12.7 Å². The second-order valence-electron chi connectivity index (χ2n) is 5.93. The van der Waals surface area contributed by atoms with E-state index in [1.165, 1.54) is 12.4 Å². The van der Waals surface area contributed by atoms with E-state index in [2.05, 4.69) is 15.3 Å². The number of urea groups is 1. The first-order valence-corrected chi connectivity index (χ1v) is 8.38. The number of nitrogens with one attached hydrogen (secondary N) is 1. The van der Waals surface area contributed by atoms with E-state index in [1.54, 1.807) is 23.1 Å². The Morgan fingerprint density at radius 1 is 1.28 bits per heavy atom. The largest absolute Gasteiger partial charge is 0.324 e. The number of hydrogen-bond donors (Lipinski definition) is 1. The molecule has 1 aliphatic heterocycles. The number of aromatic nitrogens is 2. The molecule has 25 heavy (non-hydrogen) atoms. The molecular formula is C18H18ClFN4O. The average Bonchev–Trinajstić information content (AvgIpc) is 2.58. The number of benzene rings is 1. The van der Waals surface area contributed by atoms with Crippen molar-refractivity contribution in [1.82, 2.24) is 14.9 Å². The zero-order valence-corrected chi connectivity index (χ0v) is 14.6. The second-order valence-corrected chi connectivity index (χ2v) is 6.37. The Morgan fingerprint density at radius 2 is 2.04 bits per heavy atom. The lowest BCUT2D eigenvalue weighted by Gasteiger charge is -2.28. The van der Waals surface area contributed by atoms with Crippen LogP contribution in [0.4, 0.5) is 15.0 Å². The summed E-state index contributed by atoms with van der Waals surface area (Å²) in [5.41, 5.74) is 2.43. The van der Waals surface area contributed by atoms with Gasteiger partial charge in [-0.05, 0) is 31.9 Å². The molecule has 130 valence electrons. The van der Waals surface area contributed by atoms with Crippen LogP contribution in [0.2, 0.25) is 5.02 Å². The molecule has 1 fully saturated rings. The quantitative estimate of drug-likeness (QED) is 0.869. The standard InChI is InChI=1S/C18H18ClFN4O/c1-12-8-17(22-11-21-12)23-18(25)24-6-4-13(5-7-24)9-14-2-3-15(19)10-16(14)20/h2-3,8-11H,4-7H2,1H3,(H,21,22,23,25). The van der Waals surface area contributed by atoms with Crippen molar-refractivity contribution in [1.29, 1.82) is 0 Å². The number of amides is 2. The first-order valence-electron chi connectivity index (χ1n) is 8.00. The smallest absolute Gasteiger partial charge is 0.323 e. The van der Waals surface area contributed by atoms with E-state index in [-0.39, 0.29) is 11.8 Å². The van der Waals surface area contributed by atoms with Crippen LogP contribution < -0.4 is 5.32 Å². The van der Waals surface area contributed by atoms with Crippen molar-refractivity contribution in [3.8, 4) is 0 Å². The third-order valence-electron chi connectivity index (χ3n) is 4.05. The number of nitrogens with zero attached hydrogens (tertiary/aromatic N) is 3. The fourth-order valence-corrected chi connectivity index (χ4v) is 2.85. The van der Waals surface area contributed by atoms with Crippen molar-refractivity contribution in [2.24, 2.45) is 0 Å². The molecule has 0 spiro atoms. The zero-order valence-electron chi connectivity index (χ0n) is 13.8. The Bertz CT molecular complexity index is 814. The van der Waals surface area contributed by atoms with Gasteiger partial charge in [0.15, 0.2) is 0 Å². The predicted molar refractivity (Wildman–Crippen MR) is 96.0 cm³/mol. The van der Waals surface area contributed by atoms with Crippen LogP contribution in [0.3, 0.4) is 0 Å². The normalized spacial score (nSPS) is 14.4. The Hall–Kier alpha value is -2.47. The number of halogens is 2. The van der Waals surface area contributed by atoms with Crippen molar-refractivity contribution >= 4 is 29.5 Å². The molecule has 1 aromatic carbocycles. The highest BCUT2D eigenvalue weighted by atomic mass is 35.5. The van der Waals surface area contributed by atoms with Gasteiger partial charge >= 0.3 is 6.03 Å². The number of aryl methyl sites for hydroxylation is 1. The minimum atomic E-state index is -0.334. The third kappa shape index (κ3) is 4.54. The SMILES string of the molecule is Cc1cc(NC(=O)N2CCC(=Cc3ccc(Cl)cc3F)CC2)ncn1. The molecular weight excluding hydrogens is 343 g/mol. The molecule has 0 atom stereocenters. The number of rotatable bonds is 2. The van der Waals surface area contributed by atoms with Gasteiger partial charge in [0.05, 0.1) is 0 Å². The Balaban J connectivity index is 1.59. The minimum absolute atomic E-state index is 0.185. The van der Waals surface area contributed by atoms with Gasteiger partial charge in [0, 0.05) is 35.4 Å². The fraction of sp³-hybridized carbons (Fsp3) is 0.278. The van der Waals surface area contributed by atoms with Gasteiger partial charge in [0.25, 0.3) is 0 Å². The molecule has 1 aromatic heterocycles. The lowest BCUT2D eigenvalue weighted by molar-refractivity contribution is 0.207. The molecule has 2 aromatic rings. The van der Waals surface area contributed by atoms with E-state index in [9.17, 15) is 9.18 Å². The molecule has 1 aliphatic rings. The summed E-state index contributed by atoms with van der Waals surface area (Å²) in [6, 6.07) is 6.18. The summed E-state index contributed by atoms with van der Waals surface area (Å²) >= 11 is 5.77. The number of anilines is 1. The zero-order chi connectivity index (χ0) is 17.8. The molecule has 5 nitrogen and oxygen atoms in total. The number of carbonyl (C=O) groups excluding carboxylic acids is 1. The van der Waals surface area contributed by atoms with E-state index in [4.69, 9.17) is 11.6 Å². The minimum Gasteiger partial charge on any atom is -0.324 e. The van der Waals surface area contributed by atoms with Crippen LogP contribution in [-0.2, 0) is 0 Å². The summed E-state index contributed by atoms with van der Waals surface area (Å²) < 4.78 is 13.9. The fourth-order valence-electron chi connectivity index (χ4n) is 2.69. The molecule has 2 heterocycles. The topological polar surface area (TPSA) is 58.1 Å². The second kappa shape index (κ2) is 7.61. The summed E-state index contributed by atoms with van der Waals surface area (Å²) in [5, 5.41) is 3.15. The van der Waals surface area contributed by atoms with Crippen LogP contribution in [0.5, 0.6) is 0 Å². The highest BCUT2D eigenvalue weighted by molar-refractivity contribution is 6.30. The van der Waals surface area contributed by atoms with E-state index in [1.807, 2.05) is 13.0 Å². The van der Waals surface area contributed by atoms with Crippen molar-refractivity contribution in [3.63, 3.8) is 0 Å². The van der Waals surface area contributed by atoms with E-state index >= 15 is 0 Å². The molecule has 0 saturated carbocycles. The van der Waals surface area contributed by atoms with Crippen LogP contribution in [0.25, 0.3) is 6.08 Å². The summed E-state index contributed by atoms with van der Waals surface area (Å²) in [6.45, 7) is 3.00. The van der Waals surface area contributed by atoms with Crippen molar-refractivity contribution < 1.29 is 9.18 Å². The van der Waals surface area contributed by atoms with Gasteiger partial charge in [0.1, 0.15) is 18.0 Å². The predicted octanol–water partition coefficient (Wildman–Crippen LogP) is 4.29. The molecule has 0 aliphatic carbocycles. The van der Waals surface area contributed by atoms with Crippen molar-refractivity contribution in [2.75, 3.05) is 18.4 Å². The molecule has 3 rings (SSSR count). The highest BCUT2D eigenvalue weighted by Gasteiger charge is 2.19. The highest BCUT2D eigenvalue weighted by Crippen LogP contribution is 2.23.